The Morgan fingerprint density at radius 2 is 0.692 bits per heavy atom. The van der Waals surface area contributed by atoms with Crippen molar-refractivity contribution in [2.24, 2.45) is 0 Å². The van der Waals surface area contributed by atoms with Crippen molar-refractivity contribution in [3.05, 3.63) is 230 Å². The quantitative estimate of drug-likeness (QED) is 0.110. The van der Waals surface area contributed by atoms with Crippen LogP contribution in [0, 0.1) is 55.4 Å². The molecule has 0 spiro atoms. The first-order valence-electron chi connectivity index (χ1n) is 23.2. The van der Waals surface area contributed by atoms with Gasteiger partial charge in [0, 0.05) is 0 Å². The maximum absolute atomic E-state index is 2.60. The molecule has 0 N–H and O–H groups in total. The molecular formula is C63H64SSe. The van der Waals surface area contributed by atoms with E-state index in [0.29, 0.717) is 0 Å². The summed E-state index contributed by atoms with van der Waals surface area (Å²) in [7, 11) is 2.11. The molecule has 8 aromatic rings. The van der Waals surface area contributed by atoms with E-state index in [1.54, 1.807) is 0 Å². The zero-order valence-corrected chi connectivity index (χ0v) is 42.9. The van der Waals surface area contributed by atoms with E-state index >= 15 is 0 Å². The van der Waals surface area contributed by atoms with Crippen LogP contribution in [0.4, 0.5) is 0 Å². The predicted octanol–water partition coefficient (Wildman–Crippen LogP) is 16.5. The Morgan fingerprint density at radius 1 is 0.385 bits per heavy atom. The summed E-state index contributed by atoms with van der Waals surface area (Å²) < 4.78 is 1.53. The third kappa shape index (κ3) is 9.78. The second-order valence-electron chi connectivity index (χ2n) is 19.3. The van der Waals surface area contributed by atoms with Gasteiger partial charge in [-0.3, -0.25) is 0 Å². The van der Waals surface area contributed by atoms with Crippen LogP contribution in [0.2, 0.25) is 0 Å². The summed E-state index contributed by atoms with van der Waals surface area (Å²) >= 11 is 0.120. The third-order valence-electron chi connectivity index (χ3n) is 13.4. The van der Waals surface area contributed by atoms with E-state index in [2.05, 4.69) is 238 Å². The standard InChI is InChI=1S/C63H64SSe/c1-40-21-15-22-41(2)58(40)52-31-19-32-53(59-42(3)23-16-24-43(59)4)56(52)37-49-35-51(63(9,10)11)36-50(62(49)65-64-39-48-29-13-12-14-30-48)38-57-54(60-44(5)25-17-26-45(60)6)33-20-34-55(57)61-46(7)27-18-28-47(61)8/h12-36H,37-39H2,1-11H3. The van der Waals surface area contributed by atoms with Crippen molar-refractivity contribution in [2.75, 3.05) is 0 Å². The van der Waals surface area contributed by atoms with Gasteiger partial charge in [0.25, 0.3) is 0 Å². The molecule has 0 unspecified atom stereocenters. The summed E-state index contributed by atoms with van der Waals surface area (Å²) in [6, 6.07) is 57.5. The number of benzene rings is 8. The number of hydrogen-bond donors (Lipinski definition) is 0. The van der Waals surface area contributed by atoms with E-state index in [4.69, 9.17) is 0 Å². The molecule has 0 aromatic heterocycles. The van der Waals surface area contributed by atoms with Crippen molar-refractivity contribution in [1.82, 2.24) is 0 Å². The number of hydrogen-bond acceptors (Lipinski definition) is 1. The minimum atomic E-state index is -0.0602. The minimum absolute atomic E-state index is 0.0602. The average molecular weight is 932 g/mol. The average Bonchev–Trinajstić information content (AvgIpc) is 3.26. The van der Waals surface area contributed by atoms with Gasteiger partial charge in [-0.05, 0) is 0 Å². The van der Waals surface area contributed by atoms with Crippen molar-refractivity contribution in [3.63, 3.8) is 0 Å². The molecule has 0 aliphatic heterocycles. The Balaban J connectivity index is 1.43. The molecule has 0 nitrogen and oxygen atoms in total. The van der Waals surface area contributed by atoms with Crippen molar-refractivity contribution in [2.45, 2.75) is 100 Å². The molecule has 0 saturated carbocycles. The molecule has 0 radical (unpaired) electrons. The summed E-state index contributed by atoms with van der Waals surface area (Å²) in [5.74, 6) is 0.986. The van der Waals surface area contributed by atoms with Gasteiger partial charge >= 0.3 is 403 Å². The Hall–Kier alpha value is -5.37. The maximum atomic E-state index is 2.60. The zero-order chi connectivity index (χ0) is 46.0. The molecule has 0 fully saturated rings. The van der Waals surface area contributed by atoms with Crippen molar-refractivity contribution >= 4 is 28.5 Å². The monoisotopic (exact) mass is 932 g/mol. The molecule has 0 amide bonds. The van der Waals surface area contributed by atoms with Crippen LogP contribution in [0.1, 0.15) is 98.7 Å². The molecule has 0 aliphatic carbocycles. The summed E-state index contributed by atoms with van der Waals surface area (Å²) in [6.07, 6.45) is 1.69. The second-order valence-corrected chi connectivity index (χ2v) is 23.4. The summed E-state index contributed by atoms with van der Waals surface area (Å²) in [6.45, 7) is 25.5. The van der Waals surface area contributed by atoms with E-state index in [1.165, 1.54) is 127 Å². The van der Waals surface area contributed by atoms with Gasteiger partial charge < -0.3 is 0 Å². The molecule has 0 saturated heterocycles. The van der Waals surface area contributed by atoms with Crippen molar-refractivity contribution < 1.29 is 0 Å². The Labute approximate surface area is 400 Å². The van der Waals surface area contributed by atoms with Gasteiger partial charge in [0.05, 0.1) is 0 Å². The van der Waals surface area contributed by atoms with Gasteiger partial charge in [0.2, 0.25) is 0 Å². The summed E-state index contributed by atoms with van der Waals surface area (Å²) in [5.41, 5.74) is 29.8. The van der Waals surface area contributed by atoms with Crippen LogP contribution in [0.15, 0.2) is 152 Å². The van der Waals surface area contributed by atoms with Gasteiger partial charge in [-0.1, -0.05) is 0 Å². The van der Waals surface area contributed by atoms with Gasteiger partial charge in [-0.25, -0.2) is 0 Å². The molecule has 8 aromatic carbocycles. The zero-order valence-electron chi connectivity index (χ0n) is 40.4. The molecule has 2 heteroatoms. The van der Waals surface area contributed by atoms with Gasteiger partial charge in [0.1, 0.15) is 0 Å². The normalized spacial score (nSPS) is 11.6. The van der Waals surface area contributed by atoms with E-state index < -0.39 is 0 Å². The Bertz CT molecular complexity index is 2620. The first kappa shape index (κ1) is 46.2. The molecule has 65 heavy (non-hydrogen) atoms. The predicted molar refractivity (Wildman–Crippen MR) is 286 cm³/mol. The molecule has 0 atom stereocenters. The fraction of sp³-hybridized carbons (Fsp3) is 0.238. The number of aryl methyl sites for hydroxylation is 8. The van der Waals surface area contributed by atoms with Gasteiger partial charge in [0.15, 0.2) is 0 Å². The second kappa shape index (κ2) is 19.6. The molecule has 0 heterocycles. The third-order valence-corrected chi connectivity index (χ3v) is 17.8. The summed E-state index contributed by atoms with van der Waals surface area (Å²) in [4.78, 5) is 0. The molecule has 0 bridgehead atoms. The summed E-state index contributed by atoms with van der Waals surface area (Å²) in [5, 5.41) is 0. The molecular weight excluding hydrogens is 868 g/mol. The van der Waals surface area contributed by atoms with Crippen LogP contribution in [0.3, 0.4) is 0 Å². The fourth-order valence-corrected chi connectivity index (χ4v) is 14.7. The SMILES string of the molecule is Cc1cccc(C)c1-c1cccc(-c2c(C)cccc2C)c1Cc1cc(C(C)(C)C)cc(Cc2c(-c3c(C)cccc3C)cccc2-c2c(C)cccc2C)c1[Se]SCc1ccccc1. The number of rotatable bonds is 12. The van der Waals surface area contributed by atoms with Gasteiger partial charge in [-0.2, -0.15) is 0 Å². The van der Waals surface area contributed by atoms with E-state index in [9.17, 15) is 0 Å². The van der Waals surface area contributed by atoms with E-state index in [-0.39, 0.29) is 19.3 Å². The van der Waals surface area contributed by atoms with Crippen molar-refractivity contribution in [3.8, 4) is 44.5 Å². The van der Waals surface area contributed by atoms with Crippen LogP contribution in [0.25, 0.3) is 44.5 Å². The van der Waals surface area contributed by atoms with Crippen molar-refractivity contribution in [1.29, 1.82) is 0 Å². The van der Waals surface area contributed by atoms with Gasteiger partial charge in [-0.15, -0.1) is 0 Å². The van der Waals surface area contributed by atoms with E-state index in [1.807, 2.05) is 0 Å². The Morgan fingerprint density at radius 3 is 1.00 bits per heavy atom. The topological polar surface area (TPSA) is 0 Å². The first-order valence-corrected chi connectivity index (χ1v) is 27.1. The molecule has 8 rings (SSSR count). The van der Waals surface area contributed by atoms with Crippen LogP contribution in [-0.2, 0) is 24.0 Å². The van der Waals surface area contributed by atoms with E-state index in [0.717, 1.165) is 18.6 Å². The first-order chi connectivity index (χ1) is 31.2. The molecule has 328 valence electrons. The van der Waals surface area contributed by atoms with Crippen LogP contribution in [0.5, 0.6) is 0 Å². The van der Waals surface area contributed by atoms with Crippen LogP contribution < -0.4 is 4.46 Å². The van der Waals surface area contributed by atoms with Crippen LogP contribution >= 0.6 is 10.2 Å². The fourth-order valence-electron chi connectivity index (χ4n) is 10.1. The molecule has 0 aliphatic rings. The van der Waals surface area contributed by atoms with Crippen LogP contribution in [-0.4, -0.2) is 13.8 Å². The Kier molecular flexibility index (Phi) is 13.9.